The lowest BCUT2D eigenvalue weighted by Crippen LogP contribution is -2.39. The summed E-state index contributed by atoms with van der Waals surface area (Å²) in [5, 5.41) is 3.16. The van der Waals surface area contributed by atoms with Gasteiger partial charge in [0.25, 0.3) is 10.2 Å². The molecule has 90 valence electrons. The maximum Gasteiger partial charge on any atom is 0.279 e. The SMILES string of the molecule is CCNCCCNS(=O)(=O)N1CCCC1. The van der Waals surface area contributed by atoms with Crippen molar-refractivity contribution in [3.63, 3.8) is 0 Å². The number of hydrogen-bond acceptors (Lipinski definition) is 3. The zero-order valence-electron chi connectivity index (χ0n) is 9.33. The average Bonchev–Trinajstić information content (AvgIpc) is 2.70. The molecular formula is C9H21N3O2S. The largest absolute Gasteiger partial charge is 0.317 e. The van der Waals surface area contributed by atoms with Crippen LogP contribution in [0.5, 0.6) is 0 Å². The lowest BCUT2D eigenvalue weighted by atomic mass is 10.4. The van der Waals surface area contributed by atoms with Gasteiger partial charge in [-0.3, -0.25) is 0 Å². The molecule has 0 bridgehead atoms. The Morgan fingerprint density at radius 1 is 1.20 bits per heavy atom. The van der Waals surface area contributed by atoms with Crippen LogP contribution in [0.15, 0.2) is 0 Å². The van der Waals surface area contributed by atoms with Crippen LogP contribution in [-0.2, 0) is 10.2 Å². The lowest BCUT2D eigenvalue weighted by molar-refractivity contribution is 0.463. The molecule has 2 N–H and O–H groups in total. The average molecular weight is 235 g/mol. The van der Waals surface area contributed by atoms with E-state index in [-0.39, 0.29) is 0 Å². The summed E-state index contributed by atoms with van der Waals surface area (Å²) in [4.78, 5) is 0. The fraction of sp³-hybridized carbons (Fsp3) is 1.00. The van der Waals surface area contributed by atoms with Crippen LogP contribution < -0.4 is 10.0 Å². The van der Waals surface area contributed by atoms with Gasteiger partial charge in [-0.1, -0.05) is 6.92 Å². The summed E-state index contributed by atoms with van der Waals surface area (Å²) in [6.07, 6.45) is 2.80. The van der Waals surface area contributed by atoms with Crippen LogP contribution >= 0.6 is 0 Å². The van der Waals surface area contributed by atoms with Crippen LogP contribution in [0.1, 0.15) is 26.2 Å². The molecule has 0 saturated carbocycles. The van der Waals surface area contributed by atoms with Crippen LogP contribution in [0.25, 0.3) is 0 Å². The molecule has 0 aromatic heterocycles. The molecule has 6 heteroatoms. The Hall–Kier alpha value is -0.170. The predicted molar refractivity (Wildman–Crippen MR) is 60.9 cm³/mol. The highest BCUT2D eigenvalue weighted by Gasteiger charge is 2.24. The van der Waals surface area contributed by atoms with Gasteiger partial charge in [-0.05, 0) is 32.4 Å². The molecule has 0 aromatic carbocycles. The topological polar surface area (TPSA) is 61.4 Å². The molecule has 0 amide bonds. The highest BCUT2D eigenvalue weighted by molar-refractivity contribution is 7.87. The molecule has 1 fully saturated rings. The first-order valence-electron chi connectivity index (χ1n) is 5.62. The normalized spacial score (nSPS) is 18.5. The summed E-state index contributed by atoms with van der Waals surface area (Å²) in [5.74, 6) is 0. The van der Waals surface area contributed by atoms with Crippen molar-refractivity contribution in [2.24, 2.45) is 0 Å². The van der Waals surface area contributed by atoms with Gasteiger partial charge >= 0.3 is 0 Å². The molecule has 1 heterocycles. The molecule has 1 rings (SSSR count). The number of hydrogen-bond donors (Lipinski definition) is 2. The van der Waals surface area contributed by atoms with Crippen LogP contribution in [-0.4, -0.2) is 45.4 Å². The molecule has 0 aromatic rings. The van der Waals surface area contributed by atoms with Crippen molar-refractivity contribution < 1.29 is 8.42 Å². The second-order valence-corrected chi connectivity index (χ2v) is 5.47. The fourth-order valence-corrected chi connectivity index (χ4v) is 2.93. The first-order valence-corrected chi connectivity index (χ1v) is 7.06. The summed E-state index contributed by atoms with van der Waals surface area (Å²) < 4.78 is 27.5. The van der Waals surface area contributed by atoms with E-state index in [1.54, 1.807) is 0 Å². The zero-order valence-corrected chi connectivity index (χ0v) is 10.1. The number of rotatable bonds is 7. The molecule has 0 radical (unpaired) electrons. The minimum absolute atomic E-state index is 0.520. The quantitative estimate of drug-likeness (QED) is 0.607. The molecule has 1 aliphatic heterocycles. The third-order valence-electron chi connectivity index (χ3n) is 2.47. The molecular weight excluding hydrogens is 214 g/mol. The Morgan fingerprint density at radius 2 is 1.87 bits per heavy atom. The van der Waals surface area contributed by atoms with Crippen LogP contribution in [0, 0.1) is 0 Å². The second-order valence-electron chi connectivity index (χ2n) is 3.71. The summed E-state index contributed by atoms with van der Waals surface area (Å²) in [6, 6.07) is 0. The number of nitrogens with one attached hydrogen (secondary N) is 2. The van der Waals surface area contributed by atoms with Crippen molar-refractivity contribution in [3.05, 3.63) is 0 Å². The maximum atomic E-state index is 11.7. The monoisotopic (exact) mass is 235 g/mol. The third-order valence-corrected chi connectivity index (χ3v) is 4.08. The summed E-state index contributed by atoms with van der Waals surface area (Å²) in [6.45, 7) is 5.68. The van der Waals surface area contributed by atoms with Gasteiger partial charge in [-0.25, -0.2) is 4.72 Å². The van der Waals surface area contributed by atoms with Crippen LogP contribution in [0.3, 0.4) is 0 Å². The van der Waals surface area contributed by atoms with Crippen molar-refractivity contribution in [2.75, 3.05) is 32.7 Å². The van der Waals surface area contributed by atoms with E-state index in [1.807, 2.05) is 6.92 Å². The summed E-state index contributed by atoms with van der Waals surface area (Å²) in [5.41, 5.74) is 0. The smallest absolute Gasteiger partial charge is 0.279 e. The van der Waals surface area contributed by atoms with Gasteiger partial charge in [0.05, 0.1) is 0 Å². The standard InChI is InChI=1S/C9H21N3O2S/c1-2-10-6-5-7-11-15(13,14)12-8-3-4-9-12/h10-11H,2-9H2,1H3. The van der Waals surface area contributed by atoms with E-state index < -0.39 is 10.2 Å². The predicted octanol–water partition coefficient (Wildman–Crippen LogP) is -0.0838. The first kappa shape index (κ1) is 12.9. The van der Waals surface area contributed by atoms with Gasteiger partial charge in [-0.2, -0.15) is 12.7 Å². The lowest BCUT2D eigenvalue weighted by Gasteiger charge is -2.15. The molecule has 5 nitrogen and oxygen atoms in total. The highest BCUT2D eigenvalue weighted by atomic mass is 32.2. The Balaban J connectivity index is 2.18. The second kappa shape index (κ2) is 6.42. The highest BCUT2D eigenvalue weighted by Crippen LogP contribution is 2.10. The molecule has 15 heavy (non-hydrogen) atoms. The molecule has 0 unspecified atom stereocenters. The van der Waals surface area contributed by atoms with E-state index in [2.05, 4.69) is 10.0 Å². The Bertz CT molecular complexity index is 261. The van der Waals surface area contributed by atoms with Gasteiger partial charge in [-0.15, -0.1) is 0 Å². The Morgan fingerprint density at radius 3 is 2.47 bits per heavy atom. The van der Waals surface area contributed by atoms with Crippen LogP contribution in [0.2, 0.25) is 0 Å². The van der Waals surface area contributed by atoms with Crippen LogP contribution in [0.4, 0.5) is 0 Å². The van der Waals surface area contributed by atoms with Crippen molar-refractivity contribution in [3.8, 4) is 0 Å². The molecule has 0 aliphatic carbocycles. The van der Waals surface area contributed by atoms with E-state index in [0.717, 1.165) is 32.4 Å². The Labute approximate surface area is 92.4 Å². The summed E-state index contributed by atoms with van der Waals surface area (Å²) >= 11 is 0. The third kappa shape index (κ3) is 4.46. The van der Waals surface area contributed by atoms with Crippen molar-refractivity contribution >= 4 is 10.2 Å². The zero-order chi connectivity index (χ0) is 11.1. The van der Waals surface area contributed by atoms with Gasteiger partial charge < -0.3 is 5.32 Å². The van der Waals surface area contributed by atoms with Gasteiger partial charge in [0.1, 0.15) is 0 Å². The van der Waals surface area contributed by atoms with E-state index in [4.69, 9.17) is 0 Å². The molecule has 0 spiro atoms. The van der Waals surface area contributed by atoms with Gasteiger partial charge in [0.15, 0.2) is 0 Å². The molecule has 1 saturated heterocycles. The van der Waals surface area contributed by atoms with E-state index in [9.17, 15) is 8.42 Å². The minimum Gasteiger partial charge on any atom is -0.317 e. The van der Waals surface area contributed by atoms with E-state index >= 15 is 0 Å². The van der Waals surface area contributed by atoms with Crippen molar-refractivity contribution in [1.29, 1.82) is 0 Å². The fourth-order valence-electron chi connectivity index (χ4n) is 1.61. The van der Waals surface area contributed by atoms with Gasteiger partial charge in [0.2, 0.25) is 0 Å². The Kier molecular flexibility index (Phi) is 5.52. The molecule has 1 aliphatic rings. The van der Waals surface area contributed by atoms with Crippen molar-refractivity contribution in [1.82, 2.24) is 14.3 Å². The van der Waals surface area contributed by atoms with E-state index in [0.29, 0.717) is 19.6 Å². The van der Waals surface area contributed by atoms with Gasteiger partial charge in [0, 0.05) is 19.6 Å². The maximum absolute atomic E-state index is 11.7. The first-order chi connectivity index (χ1) is 7.17. The molecule has 0 atom stereocenters. The van der Waals surface area contributed by atoms with E-state index in [1.165, 1.54) is 4.31 Å². The van der Waals surface area contributed by atoms with Crippen molar-refractivity contribution in [2.45, 2.75) is 26.2 Å². The summed E-state index contributed by atoms with van der Waals surface area (Å²) in [7, 11) is -3.19. The number of nitrogens with zero attached hydrogens (tertiary/aromatic N) is 1. The minimum atomic E-state index is -3.19.